The summed E-state index contributed by atoms with van der Waals surface area (Å²) in [6.07, 6.45) is 1.76. The summed E-state index contributed by atoms with van der Waals surface area (Å²) in [5, 5.41) is 5.38. The first-order valence-corrected chi connectivity index (χ1v) is 5.91. The lowest BCUT2D eigenvalue weighted by molar-refractivity contribution is 0.522. The molecule has 0 unspecified atom stereocenters. The third-order valence-corrected chi connectivity index (χ3v) is 3.83. The van der Waals surface area contributed by atoms with E-state index in [9.17, 15) is 0 Å². The summed E-state index contributed by atoms with van der Waals surface area (Å²) in [5.74, 6) is 0. The minimum absolute atomic E-state index is 0.756. The lowest BCUT2D eigenvalue weighted by Crippen LogP contribution is -2.28. The second-order valence-corrected chi connectivity index (χ2v) is 4.74. The van der Waals surface area contributed by atoms with E-state index in [0.717, 1.165) is 35.9 Å². The maximum absolute atomic E-state index is 6.14. The van der Waals surface area contributed by atoms with Crippen molar-refractivity contribution in [3.8, 4) is 0 Å². The van der Waals surface area contributed by atoms with Crippen LogP contribution in [0.4, 0.5) is 0 Å². The molecule has 0 atom stereocenters. The van der Waals surface area contributed by atoms with Gasteiger partial charge >= 0.3 is 0 Å². The highest BCUT2D eigenvalue weighted by atomic mass is 35.5. The van der Waals surface area contributed by atoms with E-state index in [0.29, 0.717) is 0 Å². The summed E-state index contributed by atoms with van der Waals surface area (Å²) in [6.45, 7) is 7.16. The largest absolute Gasteiger partial charge is 0.327 e. The molecule has 3 nitrogen and oxygen atoms in total. The third kappa shape index (κ3) is 1.22. The van der Waals surface area contributed by atoms with Crippen molar-refractivity contribution in [2.75, 3.05) is 6.54 Å². The number of aromatic nitrogens is 2. The number of nitrogens with one attached hydrogen (secondary N) is 1. The molecule has 0 aromatic carbocycles. The van der Waals surface area contributed by atoms with Crippen LogP contribution in [0.3, 0.4) is 0 Å². The van der Waals surface area contributed by atoms with E-state index in [1.165, 1.54) is 16.6 Å². The Morgan fingerprint density at radius 1 is 1.38 bits per heavy atom. The first-order chi connectivity index (χ1) is 7.70. The molecule has 1 aliphatic rings. The zero-order valence-electron chi connectivity index (χ0n) is 9.47. The molecule has 0 fully saturated rings. The van der Waals surface area contributed by atoms with Gasteiger partial charge in [-0.2, -0.15) is 0 Å². The summed E-state index contributed by atoms with van der Waals surface area (Å²) in [7, 11) is 0. The van der Waals surface area contributed by atoms with E-state index >= 15 is 0 Å². The van der Waals surface area contributed by atoms with Crippen LogP contribution in [-0.2, 0) is 13.1 Å². The van der Waals surface area contributed by atoms with Crippen LogP contribution in [0, 0.1) is 13.8 Å². The van der Waals surface area contributed by atoms with Crippen LogP contribution in [0.5, 0.6) is 0 Å². The van der Waals surface area contributed by atoms with Crippen molar-refractivity contribution in [3.05, 3.63) is 28.0 Å². The molecule has 84 valence electrons. The first kappa shape index (κ1) is 10.1. The summed E-state index contributed by atoms with van der Waals surface area (Å²) >= 11 is 6.14. The number of pyridine rings is 1. The van der Waals surface area contributed by atoms with Crippen molar-refractivity contribution < 1.29 is 0 Å². The van der Waals surface area contributed by atoms with Crippen LogP contribution in [-0.4, -0.2) is 16.1 Å². The lowest BCUT2D eigenvalue weighted by atomic mass is 10.1. The van der Waals surface area contributed by atoms with Crippen molar-refractivity contribution in [2.24, 2.45) is 0 Å². The SMILES string of the molecule is Cc1c(Cl)cnc2c1c(C)c1n2CCNC1. The number of hydrogen-bond donors (Lipinski definition) is 1. The molecule has 0 aliphatic carbocycles. The van der Waals surface area contributed by atoms with Gasteiger partial charge in [0.25, 0.3) is 0 Å². The number of halogens is 1. The Morgan fingerprint density at radius 2 is 2.19 bits per heavy atom. The Kier molecular flexibility index (Phi) is 2.19. The highest BCUT2D eigenvalue weighted by Crippen LogP contribution is 2.31. The molecule has 0 amide bonds. The van der Waals surface area contributed by atoms with Crippen LogP contribution in [0.15, 0.2) is 6.20 Å². The Morgan fingerprint density at radius 3 is 3.00 bits per heavy atom. The van der Waals surface area contributed by atoms with Gasteiger partial charge in [-0.25, -0.2) is 4.98 Å². The van der Waals surface area contributed by atoms with Gasteiger partial charge in [0.1, 0.15) is 5.65 Å². The van der Waals surface area contributed by atoms with Gasteiger partial charge in [-0.3, -0.25) is 0 Å². The molecule has 2 aromatic heterocycles. The molecule has 0 radical (unpaired) electrons. The fourth-order valence-electron chi connectivity index (χ4n) is 2.56. The zero-order valence-corrected chi connectivity index (χ0v) is 10.2. The second-order valence-electron chi connectivity index (χ2n) is 4.33. The van der Waals surface area contributed by atoms with Crippen molar-refractivity contribution in [2.45, 2.75) is 26.9 Å². The number of hydrogen-bond acceptors (Lipinski definition) is 2. The van der Waals surface area contributed by atoms with Gasteiger partial charge in [-0.15, -0.1) is 0 Å². The predicted octanol–water partition coefficient (Wildman–Crippen LogP) is 2.41. The van der Waals surface area contributed by atoms with Gasteiger partial charge in [-0.1, -0.05) is 11.6 Å². The summed E-state index contributed by atoms with van der Waals surface area (Å²) < 4.78 is 2.31. The van der Waals surface area contributed by atoms with Crippen LogP contribution < -0.4 is 5.32 Å². The van der Waals surface area contributed by atoms with Crippen LogP contribution in [0.1, 0.15) is 16.8 Å². The van der Waals surface area contributed by atoms with Crippen LogP contribution in [0.2, 0.25) is 5.02 Å². The topological polar surface area (TPSA) is 29.9 Å². The third-order valence-electron chi connectivity index (χ3n) is 3.45. The molecular formula is C12H14ClN3. The molecule has 1 N–H and O–H groups in total. The highest BCUT2D eigenvalue weighted by molar-refractivity contribution is 6.32. The quantitative estimate of drug-likeness (QED) is 0.760. The van der Waals surface area contributed by atoms with Crippen molar-refractivity contribution in [3.63, 3.8) is 0 Å². The van der Waals surface area contributed by atoms with Gasteiger partial charge < -0.3 is 9.88 Å². The average Bonchev–Trinajstić information content (AvgIpc) is 2.59. The Hall–Kier alpha value is -1.06. The smallest absolute Gasteiger partial charge is 0.140 e. The average molecular weight is 236 g/mol. The Labute approximate surface area is 99.4 Å². The predicted molar refractivity (Wildman–Crippen MR) is 65.9 cm³/mol. The molecule has 0 saturated heterocycles. The van der Waals surface area contributed by atoms with Gasteiger partial charge in [0.05, 0.1) is 5.02 Å². The maximum atomic E-state index is 6.14. The van der Waals surface area contributed by atoms with Crippen molar-refractivity contribution in [1.82, 2.24) is 14.9 Å². The van der Waals surface area contributed by atoms with E-state index in [2.05, 4.69) is 28.7 Å². The summed E-state index contributed by atoms with van der Waals surface area (Å²) in [5.41, 5.74) is 4.88. The van der Waals surface area contributed by atoms with Gasteiger partial charge in [0.15, 0.2) is 0 Å². The minimum Gasteiger partial charge on any atom is -0.327 e. The molecule has 0 bridgehead atoms. The van der Waals surface area contributed by atoms with Gasteiger partial charge in [0.2, 0.25) is 0 Å². The van der Waals surface area contributed by atoms with Crippen LogP contribution >= 0.6 is 11.6 Å². The normalized spacial score (nSPS) is 15.4. The molecule has 0 spiro atoms. The van der Waals surface area contributed by atoms with E-state index in [1.807, 2.05) is 0 Å². The summed E-state index contributed by atoms with van der Waals surface area (Å²) in [6, 6.07) is 0. The maximum Gasteiger partial charge on any atom is 0.140 e. The van der Waals surface area contributed by atoms with Gasteiger partial charge in [0, 0.05) is 36.9 Å². The number of nitrogens with zero attached hydrogens (tertiary/aromatic N) is 2. The van der Waals surface area contributed by atoms with Crippen molar-refractivity contribution >= 4 is 22.6 Å². The van der Waals surface area contributed by atoms with Gasteiger partial charge in [-0.05, 0) is 25.0 Å². The molecule has 16 heavy (non-hydrogen) atoms. The fourth-order valence-corrected chi connectivity index (χ4v) is 2.70. The standard InChI is InChI=1S/C12H14ClN3/c1-7-9(13)5-15-12-11(7)8(2)10-6-14-3-4-16(10)12/h5,14H,3-4,6H2,1-2H3. The highest BCUT2D eigenvalue weighted by Gasteiger charge is 2.19. The van der Waals surface area contributed by atoms with Crippen molar-refractivity contribution in [1.29, 1.82) is 0 Å². The number of rotatable bonds is 0. The Bertz CT molecular complexity index is 571. The minimum atomic E-state index is 0.756. The molecule has 3 heterocycles. The van der Waals surface area contributed by atoms with E-state index in [-0.39, 0.29) is 0 Å². The van der Waals surface area contributed by atoms with E-state index < -0.39 is 0 Å². The molecular weight excluding hydrogens is 222 g/mol. The van der Waals surface area contributed by atoms with E-state index in [1.54, 1.807) is 6.20 Å². The second kappa shape index (κ2) is 3.47. The fraction of sp³-hybridized carbons (Fsp3) is 0.417. The molecule has 2 aromatic rings. The monoisotopic (exact) mass is 235 g/mol. The Balaban J connectivity index is 2.44. The number of aryl methyl sites for hydroxylation is 2. The molecule has 3 rings (SSSR count). The molecule has 0 saturated carbocycles. The van der Waals surface area contributed by atoms with Crippen LogP contribution in [0.25, 0.3) is 11.0 Å². The summed E-state index contributed by atoms with van der Waals surface area (Å²) in [4.78, 5) is 4.48. The zero-order chi connectivity index (χ0) is 11.3. The first-order valence-electron chi connectivity index (χ1n) is 5.53. The molecule has 4 heteroatoms. The lowest BCUT2D eigenvalue weighted by Gasteiger charge is -2.17. The van der Waals surface area contributed by atoms with E-state index in [4.69, 9.17) is 11.6 Å². The molecule has 1 aliphatic heterocycles. The number of fused-ring (bicyclic) bond motifs is 3.